The van der Waals surface area contributed by atoms with Crippen LogP contribution in [0.25, 0.3) is 0 Å². The number of hydrogen-bond acceptors (Lipinski definition) is 5. The van der Waals surface area contributed by atoms with Gasteiger partial charge in [0, 0.05) is 17.4 Å². The fourth-order valence-electron chi connectivity index (χ4n) is 2.64. The Hall–Kier alpha value is -3.12. The van der Waals surface area contributed by atoms with Crippen LogP contribution in [0.1, 0.15) is 17.0 Å². The first kappa shape index (κ1) is 18.7. The Morgan fingerprint density at radius 3 is 2.48 bits per heavy atom. The predicted octanol–water partition coefficient (Wildman–Crippen LogP) is 4.29. The van der Waals surface area contributed by atoms with Crippen molar-refractivity contribution >= 4 is 29.2 Å². The molecule has 3 aromatic rings. The maximum atomic E-state index is 11.8. The van der Waals surface area contributed by atoms with Crippen LogP contribution in [0, 0.1) is 0 Å². The summed E-state index contributed by atoms with van der Waals surface area (Å²) in [7, 11) is 1.56. The Kier molecular flexibility index (Phi) is 5.88. The van der Waals surface area contributed by atoms with Gasteiger partial charge < -0.3 is 15.2 Å². The summed E-state index contributed by atoms with van der Waals surface area (Å²) in [6.45, 7) is 0. The smallest absolute Gasteiger partial charge is 0.311 e. The monoisotopic (exact) mass is 383 g/mol. The van der Waals surface area contributed by atoms with Crippen molar-refractivity contribution < 1.29 is 14.6 Å². The van der Waals surface area contributed by atoms with Gasteiger partial charge in [0.1, 0.15) is 10.9 Å². The second kappa shape index (κ2) is 8.51. The minimum absolute atomic E-state index is 0.187. The van der Waals surface area contributed by atoms with Crippen LogP contribution in [0.15, 0.2) is 60.8 Å². The molecule has 3 rings (SSSR count). The first-order valence-corrected chi connectivity index (χ1v) is 8.65. The highest BCUT2D eigenvalue weighted by atomic mass is 35.5. The molecule has 0 radical (unpaired) electrons. The summed E-state index contributed by atoms with van der Waals surface area (Å²) in [6, 6.07) is 16.4. The number of anilines is 2. The molecule has 6 nitrogen and oxygen atoms in total. The summed E-state index contributed by atoms with van der Waals surface area (Å²) in [4.78, 5) is 20.2. The van der Waals surface area contributed by atoms with Gasteiger partial charge >= 0.3 is 5.97 Å². The van der Waals surface area contributed by atoms with Gasteiger partial charge in [-0.1, -0.05) is 41.9 Å². The van der Waals surface area contributed by atoms with E-state index in [-0.39, 0.29) is 11.6 Å². The fourth-order valence-corrected chi connectivity index (χ4v) is 2.84. The average molecular weight is 384 g/mol. The van der Waals surface area contributed by atoms with Gasteiger partial charge in [0.2, 0.25) is 5.95 Å². The highest BCUT2D eigenvalue weighted by molar-refractivity contribution is 6.30. The molecule has 0 aliphatic carbocycles. The normalized spacial score (nSPS) is 11.6. The molecule has 0 saturated heterocycles. The molecule has 2 aromatic carbocycles. The molecule has 7 heteroatoms. The van der Waals surface area contributed by atoms with Gasteiger partial charge in [0.15, 0.2) is 0 Å². The minimum atomic E-state index is -0.942. The van der Waals surface area contributed by atoms with Crippen LogP contribution >= 0.6 is 11.6 Å². The third-order valence-electron chi connectivity index (χ3n) is 4.08. The summed E-state index contributed by atoms with van der Waals surface area (Å²) in [5, 5.41) is 12.9. The van der Waals surface area contributed by atoms with Gasteiger partial charge in [-0.15, -0.1) is 0 Å². The zero-order valence-corrected chi connectivity index (χ0v) is 15.3. The van der Waals surface area contributed by atoms with Gasteiger partial charge in [-0.2, -0.15) is 0 Å². The van der Waals surface area contributed by atoms with Gasteiger partial charge in [0.25, 0.3) is 0 Å². The molecule has 0 aliphatic rings. The second-order valence-electron chi connectivity index (χ2n) is 5.87. The van der Waals surface area contributed by atoms with E-state index in [1.54, 1.807) is 37.6 Å². The van der Waals surface area contributed by atoms with Crippen molar-refractivity contribution in [2.75, 3.05) is 12.4 Å². The molecule has 0 bridgehead atoms. The van der Waals surface area contributed by atoms with Crippen LogP contribution in [0.5, 0.6) is 5.75 Å². The number of nitrogens with zero attached hydrogens (tertiary/aromatic N) is 2. The Labute approximate surface area is 161 Å². The van der Waals surface area contributed by atoms with Crippen molar-refractivity contribution in [1.29, 1.82) is 0 Å². The second-order valence-corrected chi connectivity index (χ2v) is 6.23. The number of rotatable bonds is 7. The van der Waals surface area contributed by atoms with E-state index in [0.29, 0.717) is 22.8 Å². The van der Waals surface area contributed by atoms with Crippen molar-refractivity contribution in [3.63, 3.8) is 0 Å². The Balaban J connectivity index is 1.78. The first-order chi connectivity index (χ1) is 13.1. The SMILES string of the molecule is COc1ccc(C(Cc2cnc(Nc3ccccc3)nc2Cl)C(=O)O)cc1. The fraction of sp³-hybridized carbons (Fsp3) is 0.150. The van der Waals surface area contributed by atoms with Crippen LogP contribution in [-0.2, 0) is 11.2 Å². The van der Waals surface area contributed by atoms with Crippen molar-refractivity contribution in [1.82, 2.24) is 9.97 Å². The van der Waals surface area contributed by atoms with Gasteiger partial charge in [-0.25, -0.2) is 9.97 Å². The van der Waals surface area contributed by atoms with Crippen LogP contribution in [0.2, 0.25) is 5.15 Å². The van der Waals surface area contributed by atoms with Gasteiger partial charge in [-0.3, -0.25) is 4.79 Å². The summed E-state index contributed by atoms with van der Waals surface area (Å²) >= 11 is 6.28. The number of carboxylic acid groups (broad SMARTS) is 1. The number of carbonyl (C=O) groups is 1. The molecule has 0 aliphatic heterocycles. The number of halogens is 1. The standard InChI is InChI=1S/C20H18ClN3O3/c1-27-16-9-7-13(8-10-16)17(19(25)26)11-14-12-22-20(24-18(14)21)23-15-5-3-2-4-6-15/h2-10,12,17H,11H2,1H3,(H,25,26)(H,22,23,24). The lowest BCUT2D eigenvalue weighted by atomic mass is 9.93. The lowest BCUT2D eigenvalue weighted by Gasteiger charge is -2.14. The first-order valence-electron chi connectivity index (χ1n) is 8.27. The van der Waals surface area contributed by atoms with Crippen LogP contribution in [0.4, 0.5) is 11.6 Å². The number of hydrogen-bond donors (Lipinski definition) is 2. The average Bonchev–Trinajstić information content (AvgIpc) is 2.68. The molecule has 0 spiro atoms. The maximum Gasteiger partial charge on any atom is 0.311 e. The minimum Gasteiger partial charge on any atom is -0.497 e. The highest BCUT2D eigenvalue weighted by Crippen LogP contribution is 2.27. The van der Waals surface area contributed by atoms with E-state index in [1.807, 2.05) is 30.3 Å². The zero-order chi connectivity index (χ0) is 19.2. The molecule has 138 valence electrons. The molecule has 0 amide bonds. The van der Waals surface area contributed by atoms with Crippen molar-refractivity contribution in [2.24, 2.45) is 0 Å². The van der Waals surface area contributed by atoms with E-state index in [1.165, 1.54) is 0 Å². The Bertz CT molecular complexity index is 918. The number of benzene rings is 2. The summed E-state index contributed by atoms with van der Waals surface area (Å²) in [6.07, 6.45) is 1.74. The third-order valence-corrected chi connectivity index (χ3v) is 4.41. The number of carboxylic acids is 1. The number of para-hydroxylation sites is 1. The molecule has 0 fully saturated rings. The van der Waals surface area contributed by atoms with Crippen molar-refractivity contribution in [3.05, 3.63) is 77.1 Å². The van der Waals surface area contributed by atoms with E-state index in [2.05, 4.69) is 15.3 Å². The lowest BCUT2D eigenvalue weighted by molar-refractivity contribution is -0.138. The zero-order valence-electron chi connectivity index (χ0n) is 14.6. The number of ether oxygens (including phenoxy) is 1. The predicted molar refractivity (Wildman–Crippen MR) is 104 cm³/mol. The van der Waals surface area contributed by atoms with E-state index < -0.39 is 11.9 Å². The highest BCUT2D eigenvalue weighted by Gasteiger charge is 2.22. The molecule has 27 heavy (non-hydrogen) atoms. The molecule has 1 unspecified atom stereocenters. The number of aromatic nitrogens is 2. The van der Waals surface area contributed by atoms with Crippen LogP contribution < -0.4 is 10.1 Å². The van der Waals surface area contributed by atoms with E-state index in [0.717, 1.165) is 5.69 Å². The quantitative estimate of drug-likeness (QED) is 0.592. The summed E-state index contributed by atoms with van der Waals surface area (Å²) in [5.41, 5.74) is 2.06. The molecule has 1 atom stereocenters. The molecule has 1 aromatic heterocycles. The van der Waals surface area contributed by atoms with E-state index >= 15 is 0 Å². The van der Waals surface area contributed by atoms with Crippen molar-refractivity contribution in [2.45, 2.75) is 12.3 Å². The van der Waals surface area contributed by atoms with E-state index in [9.17, 15) is 9.90 Å². The van der Waals surface area contributed by atoms with Gasteiger partial charge in [0.05, 0.1) is 13.0 Å². The number of nitrogens with one attached hydrogen (secondary N) is 1. The molecule has 0 saturated carbocycles. The molecular weight excluding hydrogens is 366 g/mol. The van der Waals surface area contributed by atoms with Crippen LogP contribution in [-0.4, -0.2) is 28.2 Å². The van der Waals surface area contributed by atoms with Crippen molar-refractivity contribution in [3.8, 4) is 5.75 Å². The number of methoxy groups -OCH3 is 1. The Morgan fingerprint density at radius 2 is 1.89 bits per heavy atom. The topological polar surface area (TPSA) is 84.3 Å². The summed E-state index contributed by atoms with van der Waals surface area (Å²) < 4.78 is 5.11. The molecule has 2 N–H and O–H groups in total. The van der Waals surface area contributed by atoms with E-state index in [4.69, 9.17) is 16.3 Å². The van der Waals surface area contributed by atoms with Gasteiger partial charge in [-0.05, 0) is 36.2 Å². The molecule has 1 heterocycles. The third kappa shape index (κ3) is 4.74. The summed E-state index contributed by atoms with van der Waals surface area (Å²) in [5.74, 6) is -0.681. The largest absolute Gasteiger partial charge is 0.497 e. The maximum absolute atomic E-state index is 11.8. The molecular formula is C20H18ClN3O3. The lowest BCUT2D eigenvalue weighted by Crippen LogP contribution is -2.15. The number of aliphatic carboxylic acids is 1. The van der Waals surface area contributed by atoms with Crippen LogP contribution in [0.3, 0.4) is 0 Å². The Morgan fingerprint density at radius 1 is 1.19 bits per heavy atom.